The zero-order valence-electron chi connectivity index (χ0n) is 13.6. The second-order valence-corrected chi connectivity index (χ2v) is 5.89. The predicted molar refractivity (Wildman–Crippen MR) is 87.1 cm³/mol. The van der Waals surface area contributed by atoms with E-state index in [1.54, 1.807) is 24.5 Å². The Morgan fingerprint density at radius 1 is 1.12 bits per heavy atom. The van der Waals surface area contributed by atoms with E-state index in [9.17, 15) is 14.0 Å². The summed E-state index contributed by atoms with van der Waals surface area (Å²) < 4.78 is 14.9. The molecule has 0 aliphatic carbocycles. The van der Waals surface area contributed by atoms with E-state index in [1.165, 1.54) is 23.5 Å². The molecule has 2 aromatic rings. The van der Waals surface area contributed by atoms with Crippen molar-refractivity contribution in [3.63, 3.8) is 0 Å². The Labute approximate surface area is 144 Å². The van der Waals surface area contributed by atoms with Gasteiger partial charge in [0.15, 0.2) is 5.67 Å². The number of aromatic nitrogens is 3. The van der Waals surface area contributed by atoms with Gasteiger partial charge in [0.05, 0.1) is 6.20 Å². The van der Waals surface area contributed by atoms with Gasteiger partial charge >= 0.3 is 0 Å². The molecule has 0 radical (unpaired) electrons. The Morgan fingerprint density at radius 2 is 1.84 bits per heavy atom. The summed E-state index contributed by atoms with van der Waals surface area (Å²) in [6, 6.07) is 3.51. The van der Waals surface area contributed by atoms with E-state index in [-0.39, 0.29) is 44.1 Å². The highest BCUT2D eigenvalue weighted by Gasteiger charge is 2.42. The molecule has 1 saturated heterocycles. The minimum Gasteiger partial charge on any atom is -0.349 e. The smallest absolute Gasteiger partial charge is 0.274 e. The SMILES string of the molecule is O=C(c1cnccn1)N1CCC(F)(C(=O)NCc2ccncc2)CC1. The molecule has 0 unspecified atom stereocenters. The average molecular weight is 343 g/mol. The van der Waals surface area contributed by atoms with E-state index >= 15 is 0 Å². The minimum atomic E-state index is -1.97. The fourth-order valence-electron chi connectivity index (χ4n) is 2.70. The zero-order chi connectivity index (χ0) is 17.7. The average Bonchev–Trinajstić information content (AvgIpc) is 2.67. The Bertz CT molecular complexity index is 733. The van der Waals surface area contributed by atoms with Gasteiger partial charge in [0.25, 0.3) is 11.8 Å². The summed E-state index contributed by atoms with van der Waals surface area (Å²) in [5, 5.41) is 2.62. The van der Waals surface area contributed by atoms with Gasteiger partial charge in [-0.05, 0) is 17.7 Å². The molecule has 0 spiro atoms. The lowest BCUT2D eigenvalue weighted by atomic mass is 9.92. The first-order chi connectivity index (χ1) is 12.1. The first-order valence-corrected chi connectivity index (χ1v) is 8.00. The molecular weight excluding hydrogens is 325 g/mol. The fourth-order valence-corrected chi connectivity index (χ4v) is 2.70. The molecule has 1 aliphatic heterocycles. The monoisotopic (exact) mass is 343 g/mol. The zero-order valence-corrected chi connectivity index (χ0v) is 13.6. The van der Waals surface area contributed by atoms with Crippen LogP contribution in [-0.2, 0) is 11.3 Å². The molecule has 3 heterocycles. The maximum Gasteiger partial charge on any atom is 0.274 e. The number of rotatable bonds is 4. The summed E-state index contributed by atoms with van der Waals surface area (Å²) in [7, 11) is 0. The standard InChI is InChI=1S/C17H18FN5O2/c18-17(16(25)22-11-13-1-5-19-6-2-13)3-9-23(10-4-17)15(24)14-12-20-7-8-21-14/h1-2,5-8,12H,3-4,9-11H2,(H,22,25). The van der Waals surface area contributed by atoms with Gasteiger partial charge in [-0.3, -0.25) is 19.6 Å². The molecule has 2 amide bonds. The van der Waals surface area contributed by atoms with Gasteiger partial charge in [0.2, 0.25) is 0 Å². The molecule has 1 aliphatic rings. The van der Waals surface area contributed by atoms with Crippen LogP contribution in [0.2, 0.25) is 0 Å². The molecular formula is C17H18FN5O2. The second-order valence-electron chi connectivity index (χ2n) is 5.89. The van der Waals surface area contributed by atoms with Crippen LogP contribution in [0.3, 0.4) is 0 Å². The first-order valence-electron chi connectivity index (χ1n) is 8.00. The van der Waals surface area contributed by atoms with Crippen LogP contribution in [0.1, 0.15) is 28.9 Å². The quantitative estimate of drug-likeness (QED) is 0.899. The molecule has 1 N–H and O–H groups in total. The van der Waals surface area contributed by atoms with Gasteiger partial charge in [0, 0.05) is 57.3 Å². The number of halogens is 1. The molecule has 1 fully saturated rings. The number of hydrogen-bond donors (Lipinski definition) is 1. The Hall–Kier alpha value is -2.90. The molecule has 130 valence electrons. The summed E-state index contributed by atoms with van der Waals surface area (Å²) in [4.78, 5) is 37.7. The molecule has 2 aromatic heterocycles. The third kappa shape index (κ3) is 3.96. The van der Waals surface area contributed by atoms with Gasteiger partial charge in [-0.1, -0.05) is 0 Å². The number of amides is 2. The Kier molecular flexibility index (Phi) is 4.97. The topological polar surface area (TPSA) is 88.1 Å². The van der Waals surface area contributed by atoms with Crippen LogP contribution < -0.4 is 5.32 Å². The lowest BCUT2D eigenvalue weighted by molar-refractivity contribution is -0.135. The maximum absolute atomic E-state index is 14.9. The van der Waals surface area contributed by atoms with Crippen molar-refractivity contribution in [1.29, 1.82) is 0 Å². The number of hydrogen-bond acceptors (Lipinski definition) is 5. The normalized spacial score (nSPS) is 16.3. The van der Waals surface area contributed by atoms with E-state index < -0.39 is 11.6 Å². The Balaban J connectivity index is 1.55. The van der Waals surface area contributed by atoms with Crippen LogP contribution in [0.25, 0.3) is 0 Å². The molecule has 25 heavy (non-hydrogen) atoms. The fraction of sp³-hybridized carbons (Fsp3) is 0.353. The van der Waals surface area contributed by atoms with Crippen molar-refractivity contribution in [3.8, 4) is 0 Å². The van der Waals surface area contributed by atoms with Crippen molar-refractivity contribution >= 4 is 11.8 Å². The van der Waals surface area contributed by atoms with Crippen LogP contribution >= 0.6 is 0 Å². The van der Waals surface area contributed by atoms with Gasteiger partial charge in [-0.15, -0.1) is 0 Å². The molecule has 0 atom stereocenters. The number of pyridine rings is 1. The van der Waals surface area contributed by atoms with Crippen molar-refractivity contribution in [1.82, 2.24) is 25.2 Å². The van der Waals surface area contributed by atoms with Crippen molar-refractivity contribution in [2.75, 3.05) is 13.1 Å². The molecule has 0 bridgehead atoms. The summed E-state index contributed by atoms with van der Waals surface area (Å²) in [6.45, 7) is 0.568. The highest BCUT2D eigenvalue weighted by molar-refractivity contribution is 5.92. The second kappa shape index (κ2) is 7.33. The van der Waals surface area contributed by atoms with Crippen LogP contribution in [0.5, 0.6) is 0 Å². The van der Waals surface area contributed by atoms with Gasteiger partial charge in [-0.2, -0.15) is 0 Å². The predicted octanol–water partition coefficient (Wildman–Crippen LogP) is 1.13. The molecule has 8 heteroatoms. The van der Waals surface area contributed by atoms with Gasteiger partial charge in [0.1, 0.15) is 5.69 Å². The molecule has 7 nitrogen and oxygen atoms in total. The number of alkyl halides is 1. The van der Waals surface area contributed by atoms with E-state index in [0.29, 0.717) is 0 Å². The maximum atomic E-state index is 14.9. The van der Waals surface area contributed by atoms with Crippen molar-refractivity contribution in [2.45, 2.75) is 25.1 Å². The van der Waals surface area contributed by atoms with Crippen molar-refractivity contribution in [3.05, 3.63) is 54.4 Å². The minimum absolute atomic E-state index is 0.0405. The highest BCUT2D eigenvalue weighted by atomic mass is 19.1. The molecule has 0 aromatic carbocycles. The first kappa shape index (κ1) is 16.9. The number of nitrogens with one attached hydrogen (secondary N) is 1. The summed E-state index contributed by atoms with van der Waals surface area (Å²) in [5.74, 6) is -0.941. The molecule has 0 saturated carbocycles. The number of piperidine rings is 1. The van der Waals surface area contributed by atoms with Gasteiger partial charge < -0.3 is 10.2 Å². The van der Waals surface area contributed by atoms with Crippen molar-refractivity contribution in [2.24, 2.45) is 0 Å². The lowest BCUT2D eigenvalue weighted by Gasteiger charge is -2.35. The van der Waals surface area contributed by atoms with E-state index in [4.69, 9.17) is 0 Å². The van der Waals surface area contributed by atoms with Crippen LogP contribution in [0.4, 0.5) is 4.39 Å². The third-order valence-corrected chi connectivity index (χ3v) is 4.23. The summed E-state index contributed by atoms with van der Waals surface area (Å²) in [6.07, 6.45) is 7.44. The Morgan fingerprint density at radius 3 is 2.48 bits per heavy atom. The third-order valence-electron chi connectivity index (χ3n) is 4.23. The number of carbonyl (C=O) groups is 2. The summed E-state index contributed by atoms with van der Waals surface area (Å²) >= 11 is 0. The number of likely N-dealkylation sites (tertiary alicyclic amines) is 1. The van der Waals surface area contributed by atoms with Crippen LogP contribution in [-0.4, -0.2) is 50.4 Å². The highest BCUT2D eigenvalue weighted by Crippen LogP contribution is 2.27. The van der Waals surface area contributed by atoms with Crippen molar-refractivity contribution < 1.29 is 14.0 Å². The van der Waals surface area contributed by atoms with Crippen LogP contribution in [0, 0.1) is 0 Å². The van der Waals surface area contributed by atoms with Crippen LogP contribution in [0.15, 0.2) is 43.1 Å². The van der Waals surface area contributed by atoms with E-state index in [0.717, 1.165) is 5.56 Å². The molecule has 3 rings (SSSR count). The largest absolute Gasteiger partial charge is 0.349 e. The van der Waals surface area contributed by atoms with E-state index in [1.807, 2.05) is 0 Å². The van der Waals surface area contributed by atoms with E-state index in [2.05, 4.69) is 20.3 Å². The number of carbonyl (C=O) groups excluding carboxylic acids is 2. The lowest BCUT2D eigenvalue weighted by Crippen LogP contribution is -2.52. The van der Waals surface area contributed by atoms with Gasteiger partial charge in [-0.25, -0.2) is 9.37 Å². The number of nitrogens with zero attached hydrogens (tertiary/aromatic N) is 4. The summed E-state index contributed by atoms with van der Waals surface area (Å²) in [5.41, 5.74) is -0.898.